The third kappa shape index (κ3) is 2.90. The molecule has 2 rings (SSSR count). The first-order valence-corrected chi connectivity index (χ1v) is 9.01. The normalized spacial score (nSPS) is 32.6. The van der Waals surface area contributed by atoms with Gasteiger partial charge >= 0.3 is 0 Å². The Bertz CT molecular complexity index is 376. The van der Waals surface area contributed by atoms with E-state index < -0.39 is 10.2 Å². The molecule has 2 saturated heterocycles. The van der Waals surface area contributed by atoms with E-state index >= 15 is 0 Å². The van der Waals surface area contributed by atoms with Gasteiger partial charge in [0.1, 0.15) is 0 Å². The molecule has 0 radical (unpaired) electrons. The van der Waals surface area contributed by atoms with Crippen molar-refractivity contribution in [3.63, 3.8) is 0 Å². The monoisotopic (exact) mass is 340 g/mol. The Labute approximate surface area is 118 Å². The minimum atomic E-state index is -3.34. The Hall–Kier alpha value is 0.310. The van der Waals surface area contributed by atoms with Crippen LogP contribution in [0.4, 0.5) is 0 Å². The van der Waals surface area contributed by atoms with Gasteiger partial charge in [0.15, 0.2) is 0 Å². The first-order valence-electron chi connectivity index (χ1n) is 6.49. The number of morpholine rings is 1. The summed E-state index contributed by atoms with van der Waals surface area (Å²) in [6.45, 7) is 4.08. The first-order chi connectivity index (χ1) is 8.57. The van der Waals surface area contributed by atoms with Gasteiger partial charge in [-0.2, -0.15) is 17.0 Å². The lowest BCUT2D eigenvalue weighted by Crippen LogP contribution is -2.57. The summed E-state index contributed by atoms with van der Waals surface area (Å²) in [5, 5.41) is 0.619. The first kappa shape index (κ1) is 14.7. The molecule has 2 aliphatic heterocycles. The number of hydrogen-bond donors (Lipinski definition) is 0. The van der Waals surface area contributed by atoms with E-state index in [9.17, 15) is 8.42 Å². The topological polar surface area (TPSA) is 49.9 Å². The highest BCUT2D eigenvalue weighted by Crippen LogP contribution is 2.25. The number of ether oxygens (including phenoxy) is 1. The van der Waals surface area contributed by atoms with Gasteiger partial charge in [0, 0.05) is 24.5 Å². The molecule has 2 unspecified atom stereocenters. The average Bonchev–Trinajstić information content (AvgIpc) is 2.39. The predicted molar refractivity (Wildman–Crippen MR) is 74.0 cm³/mol. The summed E-state index contributed by atoms with van der Waals surface area (Å²) in [7, 11) is -3.34. The molecule has 2 heterocycles. The molecule has 0 aliphatic carbocycles. The Morgan fingerprint density at radius 3 is 2.72 bits per heavy atom. The summed E-state index contributed by atoms with van der Waals surface area (Å²) < 4.78 is 34.0. The zero-order chi connectivity index (χ0) is 13.2. The van der Waals surface area contributed by atoms with Crippen LogP contribution in [-0.2, 0) is 14.9 Å². The van der Waals surface area contributed by atoms with Crippen LogP contribution in [0.3, 0.4) is 0 Å². The van der Waals surface area contributed by atoms with Crippen molar-refractivity contribution in [2.75, 3.05) is 31.6 Å². The van der Waals surface area contributed by atoms with Crippen molar-refractivity contribution in [3.8, 4) is 0 Å². The van der Waals surface area contributed by atoms with Gasteiger partial charge in [-0.1, -0.05) is 22.4 Å². The van der Waals surface area contributed by atoms with Gasteiger partial charge in [-0.3, -0.25) is 0 Å². The minimum Gasteiger partial charge on any atom is -0.378 e. The molecule has 7 heteroatoms. The van der Waals surface area contributed by atoms with Crippen LogP contribution in [0, 0.1) is 0 Å². The quantitative estimate of drug-likeness (QED) is 0.725. The molecule has 2 fully saturated rings. The smallest absolute Gasteiger partial charge is 0.282 e. The maximum absolute atomic E-state index is 12.7. The second kappa shape index (κ2) is 6.17. The maximum Gasteiger partial charge on any atom is 0.282 e. The molecule has 0 amide bonds. The van der Waals surface area contributed by atoms with Gasteiger partial charge in [0.25, 0.3) is 10.2 Å². The van der Waals surface area contributed by atoms with Gasteiger partial charge < -0.3 is 4.74 Å². The van der Waals surface area contributed by atoms with Gasteiger partial charge in [-0.25, -0.2) is 0 Å². The van der Waals surface area contributed by atoms with Crippen molar-refractivity contribution in [3.05, 3.63) is 0 Å². The zero-order valence-corrected chi connectivity index (χ0v) is 13.1. The van der Waals surface area contributed by atoms with Crippen molar-refractivity contribution in [1.29, 1.82) is 0 Å². The van der Waals surface area contributed by atoms with E-state index in [1.807, 2.05) is 6.92 Å². The molecule has 18 heavy (non-hydrogen) atoms. The molecule has 0 aromatic heterocycles. The number of piperidine rings is 1. The van der Waals surface area contributed by atoms with Crippen molar-refractivity contribution in [1.82, 2.24) is 8.61 Å². The molecular formula is C11H21BrN2O3S. The highest BCUT2D eigenvalue weighted by molar-refractivity contribution is 9.09. The molecule has 0 spiro atoms. The fraction of sp³-hybridized carbons (Fsp3) is 1.00. The lowest BCUT2D eigenvalue weighted by Gasteiger charge is -2.40. The molecule has 2 atom stereocenters. The average molecular weight is 341 g/mol. The fourth-order valence-electron chi connectivity index (χ4n) is 2.61. The zero-order valence-electron chi connectivity index (χ0n) is 10.7. The standard InChI is InChI=1S/C11H21BrN2O3S/c1-10-4-2-3-5-13(10)18(15,16)14-6-7-17-9-11(14)8-12/h10-11H,2-9H2,1H3. The summed E-state index contributed by atoms with van der Waals surface area (Å²) in [5.74, 6) is 0. The summed E-state index contributed by atoms with van der Waals surface area (Å²) in [6.07, 6.45) is 3.05. The molecule has 106 valence electrons. The highest BCUT2D eigenvalue weighted by atomic mass is 79.9. The molecule has 5 nitrogen and oxygen atoms in total. The van der Waals surface area contributed by atoms with Crippen LogP contribution in [0.2, 0.25) is 0 Å². The molecular weight excluding hydrogens is 320 g/mol. The van der Waals surface area contributed by atoms with E-state index in [0.717, 1.165) is 19.3 Å². The van der Waals surface area contributed by atoms with E-state index in [2.05, 4.69) is 15.9 Å². The van der Waals surface area contributed by atoms with Gasteiger partial charge in [-0.15, -0.1) is 0 Å². The third-order valence-corrected chi connectivity index (χ3v) is 6.64. The van der Waals surface area contributed by atoms with Gasteiger partial charge in [-0.05, 0) is 19.8 Å². The van der Waals surface area contributed by atoms with Crippen LogP contribution < -0.4 is 0 Å². The fourth-order valence-corrected chi connectivity index (χ4v) is 5.35. The Morgan fingerprint density at radius 1 is 1.28 bits per heavy atom. The van der Waals surface area contributed by atoms with E-state index in [0.29, 0.717) is 31.6 Å². The van der Waals surface area contributed by atoms with Crippen molar-refractivity contribution in [2.24, 2.45) is 0 Å². The van der Waals surface area contributed by atoms with Crippen LogP contribution >= 0.6 is 15.9 Å². The molecule has 0 N–H and O–H groups in total. The van der Waals surface area contributed by atoms with Crippen molar-refractivity contribution >= 4 is 26.1 Å². The number of nitrogens with zero attached hydrogens (tertiary/aromatic N) is 2. The Morgan fingerprint density at radius 2 is 2.06 bits per heavy atom. The third-order valence-electron chi connectivity index (χ3n) is 3.69. The van der Waals surface area contributed by atoms with Crippen LogP contribution in [0.5, 0.6) is 0 Å². The molecule has 0 aromatic carbocycles. The number of alkyl halides is 1. The van der Waals surface area contributed by atoms with Crippen molar-refractivity contribution in [2.45, 2.75) is 38.3 Å². The minimum absolute atomic E-state index is 0.0853. The Balaban J connectivity index is 2.17. The van der Waals surface area contributed by atoms with E-state index in [-0.39, 0.29) is 12.1 Å². The number of hydrogen-bond acceptors (Lipinski definition) is 3. The SMILES string of the molecule is CC1CCCCN1S(=O)(=O)N1CCOCC1CBr. The largest absolute Gasteiger partial charge is 0.378 e. The lowest BCUT2D eigenvalue weighted by molar-refractivity contribution is 0.0370. The summed E-state index contributed by atoms with van der Waals surface area (Å²) >= 11 is 3.38. The van der Waals surface area contributed by atoms with Gasteiger partial charge in [0.05, 0.1) is 19.3 Å². The molecule has 2 aliphatic rings. The second-order valence-corrected chi connectivity index (χ2v) is 7.44. The highest BCUT2D eigenvalue weighted by Gasteiger charge is 2.39. The number of rotatable bonds is 3. The second-order valence-electron chi connectivity index (χ2n) is 4.96. The van der Waals surface area contributed by atoms with Crippen LogP contribution in [0.15, 0.2) is 0 Å². The lowest BCUT2D eigenvalue weighted by atomic mass is 10.1. The Kier molecular flexibility index (Phi) is 5.05. The van der Waals surface area contributed by atoms with Crippen LogP contribution in [0.25, 0.3) is 0 Å². The summed E-state index contributed by atoms with van der Waals surface area (Å²) in [5.41, 5.74) is 0. The van der Waals surface area contributed by atoms with E-state index in [1.165, 1.54) is 0 Å². The maximum atomic E-state index is 12.7. The van der Waals surface area contributed by atoms with Crippen LogP contribution in [-0.4, -0.2) is 60.7 Å². The number of halogens is 1. The molecule has 0 bridgehead atoms. The summed E-state index contributed by atoms with van der Waals surface area (Å²) in [4.78, 5) is 0. The van der Waals surface area contributed by atoms with E-state index in [4.69, 9.17) is 4.74 Å². The van der Waals surface area contributed by atoms with Crippen LogP contribution in [0.1, 0.15) is 26.2 Å². The summed E-state index contributed by atoms with van der Waals surface area (Å²) in [6, 6.07) is 0.0282. The predicted octanol–water partition coefficient (Wildman–Crippen LogP) is 1.20. The molecule has 0 aromatic rings. The molecule has 0 saturated carbocycles. The van der Waals surface area contributed by atoms with E-state index in [1.54, 1.807) is 8.61 Å². The van der Waals surface area contributed by atoms with Gasteiger partial charge in [0.2, 0.25) is 0 Å². The van der Waals surface area contributed by atoms with Crippen molar-refractivity contribution < 1.29 is 13.2 Å².